The SMILES string of the molecule is CC(=O)Nc1nc(C(=O)O[C@@H]2CCN(Cc3ccccc3)C2)cs1. The zero-order valence-corrected chi connectivity index (χ0v) is 14.2. The molecule has 2 aromatic rings. The Hall–Kier alpha value is -2.25. The Balaban J connectivity index is 1.50. The summed E-state index contributed by atoms with van der Waals surface area (Å²) in [5.41, 5.74) is 1.49. The van der Waals surface area contributed by atoms with E-state index in [1.165, 1.54) is 23.8 Å². The van der Waals surface area contributed by atoms with Crippen LogP contribution in [0.5, 0.6) is 0 Å². The molecule has 0 spiro atoms. The number of aromatic nitrogens is 1. The van der Waals surface area contributed by atoms with Gasteiger partial charge in [0.2, 0.25) is 5.91 Å². The first-order chi connectivity index (χ1) is 11.6. The number of thiazole rings is 1. The number of hydrogen-bond donors (Lipinski definition) is 1. The van der Waals surface area contributed by atoms with Crippen LogP contribution in [0.3, 0.4) is 0 Å². The molecular formula is C17H19N3O3S. The van der Waals surface area contributed by atoms with Gasteiger partial charge in [0.05, 0.1) is 0 Å². The van der Waals surface area contributed by atoms with Crippen molar-refractivity contribution in [3.05, 3.63) is 47.0 Å². The second-order valence-electron chi connectivity index (χ2n) is 5.76. The number of esters is 1. The van der Waals surface area contributed by atoms with Gasteiger partial charge in [0, 0.05) is 31.9 Å². The summed E-state index contributed by atoms with van der Waals surface area (Å²) in [6, 6.07) is 10.2. The Morgan fingerprint density at radius 3 is 2.92 bits per heavy atom. The summed E-state index contributed by atoms with van der Waals surface area (Å²) in [6.45, 7) is 3.89. The molecule has 0 unspecified atom stereocenters. The van der Waals surface area contributed by atoms with Gasteiger partial charge in [-0.15, -0.1) is 11.3 Å². The molecule has 0 saturated carbocycles. The van der Waals surface area contributed by atoms with Gasteiger partial charge in [-0.2, -0.15) is 0 Å². The van der Waals surface area contributed by atoms with Gasteiger partial charge in [-0.3, -0.25) is 9.69 Å². The van der Waals surface area contributed by atoms with E-state index >= 15 is 0 Å². The summed E-state index contributed by atoms with van der Waals surface area (Å²) in [7, 11) is 0. The molecule has 24 heavy (non-hydrogen) atoms. The summed E-state index contributed by atoms with van der Waals surface area (Å²) in [5.74, 6) is -0.647. The first kappa shape index (κ1) is 16.6. The number of benzene rings is 1. The molecule has 6 nitrogen and oxygen atoms in total. The third kappa shape index (κ3) is 4.39. The van der Waals surface area contributed by atoms with Gasteiger partial charge in [0.1, 0.15) is 6.10 Å². The zero-order valence-electron chi connectivity index (χ0n) is 13.4. The number of nitrogens with zero attached hydrogens (tertiary/aromatic N) is 2. The molecule has 0 radical (unpaired) electrons. The maximum atomic E-state index is 12.2. The van der Waals surface area contributed by atoms with Crippen LogP contribution in [0.2, 0.25) is 0 Å². The predicted molar refractivity (Wildman–Crippen MR) is 92.0 cm³/mol. The van der Waals surface area contributed by atoms with Gasteiger partial charge in [0.15, 0.2) is 10.8 Å². The fourth-order valence-corrected chi connectivity index (χ4v) is 3.39. The molecule has 1 aliphatic rings. The topological polar surface area (TPSA) is 71.5 Å². The number of carbonyl (C=O) groups excluding carboxylic acids is 2. The van der Waals surface area contributed by atoms with Gasteiger partial charge in [-0.05, 0) is 12.0 Å². The van der Waals surface area contributed by atoms with E-state index in [1.807, 2.05) is 18.2 Å². The van der Waals surface area contributed by atoms with E-state index in [2.05, 4.69) is 27.3 Å². The van der Waals surface area contributed by atoms with Crippen LogP contribution in [0.1, 0.15) is 29.4 Å². The molecule has 1 aliphatic heterocycles. The van der Waals surface area contributed by atoms with Crippen LogP contribution in [-0.2, 0) is 16.1 Å². The summed E-state index contributed by atoms with van der Waals surface area (Å²) in [6.07, 6.45) is 0.702. The van der Waals surface area contributed by atoms with Crippen LogP contribution >= 0.6 is 11.3 Å². The Kier molecular flexibility index (Phi) is 5.22. The predicted octanol–water partition coefficient (Wildman–Crippen LogP) is 2.53. The molecule has 2 heterocycles. The second-order valence-corrected chi connectivity index (χ2v) is 6.61. The van der Waals surface area contributed by atoms with Gasteiger partial charge in [0.25, 0.3) is 0 Å². The maximum Gasteiger partial charge on any atom is 0.358 e. The standard InChI is InChI=1S/C17H19N3O3S/c1-12(21)18-17-19-15(11-24-17)16(22)23-14-7-8-20(10-14)9-13-5-3-2-4-6-13/h2-6,11,14H,7-10H2,1H3,(H,18,19,21)/t14-/m1/s1. The monoisotopic (exact) mass is 345 g/mol. The minimum atomic E-state index is -0.436. The lowest BCUT2D eigenvalue weighted by atomic mass is 10.2. The lowest BCUT2D eigenvalue weighted by molar-refractivity contribution is -0.114. The fourth-order valence-electron chi connectivity index (χ4n) is 2.67. The number of nitrogens with one attached hydrogen (secondary N) is 1. The highest BCUT2D eigenvalue weighted by molar-refractivity contribution is 7.14. The highest BCUT2D eigenvalue weighted by atomic mass is 32.1. The number of likely N-dealkylation sites (tertiary alicyclic amines) is 1. The second kappa shape index (κ2) is 7.55. The van der Waals surface area contributed by atoms with E-state index in [4.69, 9.17) is 4.74 Å². The molecule has 0 aliphatic carbocycles. The number of ether oxygens (including phenoxy) is 1. The van der Waals surface area contributed by atoms with Crippen LogP contribution < -0.4 is 5.32 Å². The van der Waals surface area contributed by atoms with Gasteiger partial charge in [-0.1, -0.05) is 30.3 Å². The molecule has 1 saturated heterocycles. The molecule has 1 fully saturated rings. The summed E-state index contributed by atoms with van der Waals surface area (Å²) >= 11 is 1.21. The number of hydrogen-bond acceptors (Lipinski definition) is 6. The summed E-state index contributed by atoms with van der Waals surface area (Å²) in [5, 5.41) is 4.57. The van der Waals surface area contributed by atoms with Crippen LogP contribution in [0.15, 0.2) is 35.7 Å². The van der Waals surface area contributed by atoms with Crippen molar-refractivity contribution < 1.29 is 14.3 Å². The van der Waals surface area contributed by atoms with Gasteiger partial charge >= 0.3 is 5.97 Å². The van der Waals surface area contributed by atoms with Crippen molar-refractivity contribution in [1.29, 1.82) is 0 Å². The van der Waals surface area contributed by atoms with Crippen LogP contribution in [-0.4, -0.2) is 41.0 Å². The number of carbonyl (C=O) groups is 2. The number of rotatable bonds is 5. The van der Waals surface area contributed by atoms with Crippen molar-refractivity contribution in [2.24, 2.45) is 0 Å². The van der Waals surface area contributed by atoms with Gasteiger partial charge in [-0.25, -0.2) is 9.78 Å². The molecule has 7 heteroatoms. The third-order valence-corrected chi connectivity index (χ3v) is 4.51. The fraction of sp³-hybridized carbons (Fsp3) is 0.353. The van der Waals surface area contributed by atoms with E-state index in [-0.39, 0.29) is 17.7 Å². The lowest BCUT2D eigenvalue weighted by Crippen LogP contribution is -2.25. The third-order valence-electron chi connectivity index (χ3n) is 3.75. The molecule has 1 N–H and O–H groups in total. The number of amides is 1. The highest BCUT2D eigenvalue weighted by Crippen LogP contribution is 2.20. The van der Waals surface area contributed by atoms with Gasteiger partial charge < -0.3 is 10.1 Å². The molecule has 1 aromatic carbocycles. The Bertz CT molecular complexity index is 717. The van der Waals surface area contributed by atoms with Crippen LogP contribution in [0, 0.1) is 0 Å². The zero-order chi connectivity index (χ0) is 16.9. The first-order valence-corrected chi connectivity index (χ1v) is 8.68. The molecule has 1 amide bonds. The van der Waals surface area contributed by atoms with E-state index in [9.17, 15) is 9.59 Å². The van der Waals surface area contributed by atoms with Crippen molar-refractivity contribution in [3.8, 4) is 0 Å². The van der Waals surface area contributed by atoms with E-state index in [1.54, 1.807) is 5.38 Å². The van der Waals surface area contributed by atoms with Crippen molar-refractivity contribution in [2.45, 2.75) is 26.0 Å². The Labute approximate surface area is 144 Å². The first-order valence-electron chi connectivity index (χ1n) is 7.80. The number of anilines is 1. The Morgan fingerprint density at radius 2 is 2.17 bits per heavy atom. The smallest absolute Gasteiger partial charge is 0.358 e. The quantitative estimate of drug-likeness (QED) is 0.843. The van der Waals surface area contributed by atoms with Crippen molar-refractivity contribution in [2.75, 3.05) is 18.4 Å². The normalized spacial score (nSPS) is 17.6. The van der Waals surface area contributed by atoms with Crippen molar-refractivity contribution in [1.82, 2.24) is 9.88 Å². The maximum absolute atomic E-state index is 12.2. The molecule has 1 atom stereocenters. The highest BCUT2D eigenvalue weighted by Gasteiger charge is 2.26. The van der Waals surface area contributed by atoms with Crippen molar-refractivity contribution >= 4 is 28.3 Å². The minimum Gasteiger partial charge on any atom is -0.456 e. The summed E-state index contributed by atoms with van der Waals surface area (Å²) in [4.78, 5) is 29.5. The van der Waals surface area contributed by atoms with E-state index in [0.717, 1.165) is 26.1 Å². The lowest BCUT2D eigenvalue weighted by Gasteiger charge is -2.16. The molecule has 3 rings (SSSR count). The molecule has 126 valence electrons. The largest absolute Gasteiger partial charge is 0.456 e. The Morgan fingerprint density at radius 1 is 1.38 bits per heavy atom. The summed E-state index contributed by atoms with van der Waals surface area (Å²) < 4.78 is 5.53. The van der Waals surface area contributed by atoms with Crippen LogP contribution in [0.25, 0.3) is 0 Å². The van der Waals surface area contributed by atoms with Crippen molar-refractivity contribution in [3.63, 3.8) is 0 Å². The average Bonchev–Trinajstić information content (AvgIpc) is 3.17. The van der Waals surface area contributed by atoms with E-state index in [0.29, 0.717) is 5.13 Å². The average molecular weight is 345 g/mol. The molecular weight excluding hydrogens is 326 g/mol. The minimum absolute atomic E-state index is 0.118. The molecule has 1 aromatic heterocycles. The van der Waals surface area contributed by atoms with Crippen LogP contribution in [0.4, 0.5) is 5.13 Å². The van der Waals surface area contributed by atoms with E-state index < -0.39 is 5.97 Å². The molecule has 0 bridgehead atoms.